The van der Waals surface area contributed by atoms with Gasteiger partial charge in [0.15, 0.2) is 0 Å². The van der Waals surface area contributed by atoms with Crippen LogP contribution in [0.25, 0.3) is 0 Å². The number of methoxy groups -OCH3 is 1. The maximum Gasteiger partial charge on any atom is 0.267 e. The Hall–Kier alpha value is -1.33. The number of amides is 1. The third-order valence-electron chi connectivity index (χ3n) is 1.93. The normalized spacial score (nSPS) is 10.5. The second-order valence-corrected chi connectivity index (χ2v) is 3.81. The van der Waals surface area contributed by atoms with Crippen LogP contribution in [0, 0.1) is 0 Å². The molecule has 0 heterocycles. The first-order valence-corrected chi connectivity index (χ1v) is 6.15. The molecule has 4 nitrogen and oxygen atoms in total. The molecular formula is C12H14BrNO3. The number of ether oxygens (including phenoxy) is 1. The molecule has 1 N–H and O–H groups in total. The van der Waals surface area contributed by atoms with Crippen LogP contribution >= 0.6 is 15.9 Å². The van der Waals surface area contributed by atoms with Crippen molar-refractivity contribution in [2.24, 2.45) is 0 Å². The van der Waals surface area contributed by atoms with Crippen molar-refractivity contribution in [1.82, 2.24) is 5.48 Å². The number of alkyl halides is 1. The fraction of sp³-hybridized carbons (Fsp3) is 0.250. The third-order valence-corrected chi connectivity index (χ3v) is 2.30. The van der Waals surface area contributed by atoms with Crippen molar-refractivity contribution in [1.29, 1.82) is 0 Å². The topological polar surface area (TPSA) is 47.6 Å². The van der Waals surface area contributed by atoms with Gasteiger partial charge in [0.1, 0.15) is 5.75 Å². The lowest BCUT2D eigenvalue weighted by Gasteiger charge is -2.04. The number of allylic oxidation sites excluding steroid dienone is 1. The molecule has 5 heteroatoms. The van der Waals surface area contributed by atoms with E-state index in [2.05, 4.69) is 21.4 Å². The lowest BCUT2D eigenvalue weighted by Crippen LogP contribution is -2.21. The molecule has 0 radical (unpaired) electrons. The van der Waals surface area contributed by atoms with Gasteiger partial charge in [-0.05, 0) is 17.7 Å². The minimum atomic E-state index is -0.280. The smallest absolute Gasteiger partial charge is 0.267 e. The van der Waals surface area contributed by atoms with Crippen LogP contribution in [0.3, 0.4) is 0 Å². The summed E-state index contributed by atoms with van der Waals surface area (Å²) in [5, 5.41) is 0.638. The summed E-state index contributed by atoms with van der Waals surface area (Å²) >= 11 is 3.18. The van der Waals surface area contributed by atoms with Crippen molar-refractivity contribution in [3.05, 3.63) is 42.0 Å². The van der Waals surface area contributed by atoms with Gasteiger partial charge < -0.3 is 4.74 Å². The Morgan fingerprint density at radius 1 is 1.41 bits per heavy atom. The van der Waals surface area contributed by atoms with E-state index in [0.29, 0.717) is 11.9 Å². The third kappa shape index (κ3) is 5.51. The first-order valence-electron chi connectivity index (χ1n) is 5.03. The fourth-order valence-electron chi connectivity index (χ4n) is 1.10. The van der Waals surface area contributed by atoms with Crippen molar-refractivity contribution < 1.29 is 14.4 Å². The molecule has 0 aliphatic heterocycles. The summed E-state index contributed by atoms with van der Waals surface area (Å²) in [4.78, 5) is 16.2. The SMILES string of the molecule is COc1ccc(CONC(=O)/C=C/CBr)cc1. The summed E-state index contributed by atoms with van der Waals surface area (Å²) in [6.45, 7) is 0.317. The summed E-state index contributed by atoms with van der Waals surface area (Å²) in [5.74, 6) is 0.510. The number of nitrogens with one attached hydrogen (secondary N) is 1. The molecule has 0 aliphatic carbocycles. The van der Waals surface area contributed by atoms with Crippen molar-refractivity contribution in [2.75, 3.05) is 12.4 Å². The predicted molar refractivity (Wildman–Crippen MR) is 68.9 cm³/mol. The second kappa shape index (κ2) is 7.86. The first kappa shape index (κ1) is 13.7. The Labute approximate surface area is 109 Å². The van der Waals surface area contributed by atoms with E-state index in [9.17, 15) is 4.79 Å². The largest absolute Gasteiger partial charge is 0.497 e. The lowest BCUT2D eigenvalue weighted by atomic mass is 10.2. The highest BCUT2D eigenvalue weighted by Crippen LogP contribution is 2.11. The molecule has 0 bridgehead atoms. The van der Waals surface area contributed by atoms with Crippen molar-refractivity contribution in [3.8, 4) is 5.75 Å². The van der Waals surface area contributed by atoms with Gasteiger partial charge >= 0.3 is 0 Å². The highest BCUT2D eigenvalue weighted by Gasteiger charge is 1.97. The molecule has 1 aromatic carbocycles. The molecule has 17 heavy (non-hydrogen) atoms. The van der Waals surface area contributed by atoms with Gasteiger partial charge in [-0.3, -0.25) is 9.63 Å². The predicted octanol–water partition coefficient (Wildman–Crippen LogP) is 2.19. The van der Waals surface area contributed by atoms with Crippen LogP contribution in [-0.4, -0.2) is 18.3 Å². The van der Waals surface area contributed by atoms with Crippen LogP contribution in [0.4, 0.5) is 0 Å². The average molecular weight is 300 g/mol. The van der Waals surface area contributed by atoms with E-state index in [0.717, 1.165) is 11.3 Å². The Morgan fingerprint density at radius 3 is 2.71 bits per heavy atom. The number of hydrogen-bond acceptors (Lipinski definition) is 3. The zero-order valence-electron chi connectivity index (χ0n) is 9.48. The highest BCUT2D eigenvalue weighted by molar-refractivity contribution is 9.09. The molecule has 1 rings (SSSR count). The van der Waals surface area contributed by atoms with Gasteiger partial charge in [0.05, 0.1) is 13.7 Å². The monoisotopic (exact) mass is 299 g/mol. The molecule has 0 saturated carbocycles. The van der Waals surface area contributed by atoms with Crippen LogP contribution in [-0.2, 0) is 16.2 Å². The van der Waals surface area contributed by atoms with Gasteiger partial charge in [-0.25, -0.2) is 5.48 Å². The lowest BCUT2D eigenvalue weighted by molar-refractivity contribution is -0.129. The Bertz CT molecular complexity index is 376. The Kier molecular flexibility index (Phi) is 6.35. The minimum Gasteiger partial charge on any atom is -0.497 e. The van der Waals surface area contributed by atoms with Crippen LogP contribution < -0.4 is 10.2 Å². The van der Waals surface area contributed by atoms with Gasteiger partial charge in [0.25, 0.3) is 5.91 Å². The molecule has 0 fully saturated rings. The Morgan fingerprint density at radius 2 is 2.12 bits per heavy atom. The molecule has 92 valence electrons. The van der Waals surface area contributed by atoms with Crippen LogP contribution in [0.2, 0.25) is 0 Å². The van der Waals surface area contributed by atoms with E-state index in [1.54, 1.807) is 13.2 Å². The fourth-order valence-corrected chi connectivity index (χ4v) is 1.28. The van der Waals surface area contributed by atoms with E-state index in [-0.39, 0.29) is 5.91 Å². The van der Waals surface area contributed by atoms with Gasteiger partial charge in [0, 0.05) is 11.4 Å². The van der Waals surface area contributed by atoms with E-state index >= 15 is 0 Å². The van der Waals surface area contributed by atoms with E-state index < -0.39 is 0 Å². The molecule has 0 spiro atoms. The molecular weight excluding hydrogens is 286 g/mol. The number of carbonyl (C=O) groups excluding carboxylic acids is 1. The zero-order chi connectivity index (χ0) is 12.5. The summed E-state index contributed by atoms with van der Waals surface area (Å²) in [6.07, 6.45) is 3.09. The average Bonchev–Trinajstić information content (AvgIpc) is 2.37. The standard InChI is InChI=1S/C12H14BrNO3/c1-16-11-6-4-10(5-7-11)9-17-14-12(15)3-2-8-13/h2-7H,8-9H2,1H3,(H,14,15)/b3-2+. The highest BCUT2D eigenvalue weighted by atomic mass is 79.9. The number of hydrogen-bond donors (Lipinski definition) is 1. The van der Waals surface area contributed by atoms with Gasteiger partial charge in [-0.1, -0.05) is 34.1 Å². The summed E-state index contributed by atoms with van der Waals surface area (Å²) < 4.78 is 5.03. The number of carbonyl (C=O) groups is 1. The van der Waals surface area contributed by atoms with Crippen LogP contribution in [0.5, 0.6) is 5.75 Å². The number of benzene rings is 1. The maximum absolute atomic E-state index is 11.1. The molecule has 0 atom stereocenters. The number of hydroxylamine groups is 1. The first-order chi connectivity index (χ1) is 8.26. The van der Waals surface area contributed by atoms with E-state index in [1.165, 1.54) is 6.08 Å². The quantitative estimate of drug-likeness (QED) is 0.498. The number of rotatable bonds is 6. The van der Waals surface area contributed by atoms with Gasteiger partial charge in [-0.2, -0.15) is 0 Å². The van der Waals surface area contributed by atoms with E-state index in [4.69, 9.17) is 9.57 Å². The zero-order valence-corrected chi connectivity index (χ0v) is 11.1. The van der Waals surface area contributed by atoms with Crippen molar-refractivity contribution in [2.45, 2.75) is 6.61 Å². The van der Waals surface area contributed by atoms with Crippen LogP contribution in [0.15, 0.2) is 36.4 Å². The second-order valence-electron chi connectivity index (χ2n) is 3.16. The Balaban J connectivity index is 2.30. The summed E-state index contributed by atoms with van der Waals surface area (Å²) in [7, 11) is 1.61. The number of halogens is 1. The molecule has 1 amide bonds. The van der Waals surface area contributed by atoms with Crippen molar-refractivity contribution in [3.63, 3.8) is 0 Å². The van der Waals surface area contributed by atoms with Crippen molar-refractivity contribution >= 4 is 21.8 Å². The molecule has 0 aliphatic rings. The molecule has 1 aromatic rings. The molecule has 0 aromatic heterocycles. The minimum absolute atomic E-state index is 0.280. The summed E-state index contributed by atoms with van der Waals surface area (Å²) in [6, 6.07) is 7.43. The summed E-state index contributed by atoms with van der Waals surface area (Å²) in [5.41, 5.74) is 3.27. The molecule has 0 unspecified atom stereocenters. The van der Waals surface area contributed by atoms with Gasteiger partial charge in [-0.15, -0.1) is 0 Å². The molecule has 0 saturated heterocycles. The van der Waals surface area contributed by atoms with Gasteiger partial charge in [0.2, 0.25) is 0 Å². The maximum atomic E-state index is 11.1. The van der Waals surface area contributed by atoms with E-state index in [1.807, 2.05) is 24.3 Å². The van der Waals surface area contributed by atoms with Crippen LogP contribution in [0.1, 0.15) is 5.56 Å².